The Kier molecular flexibility index (Phi) is 4.63. The highest BCUT2D eigenvalue weighted by molar-refractivity contribution is 6.74. The maximum Gasteiger partial charge on any atom is 0.254 e. The largest absolute Gasteiger partial charge is 0.544 e. The van der Waals surface area contributed by atoms with Gasteiger partial charge in [-0.3, -0.25) is 4.79 Å². The number of nitrogens with one attached hydrogen (secondary N) is 1. The van der Waals surface area contributed by atoms with E-state index >= 15 is 0 Å². The van der Waals surface area contributed by atoms with Gasteiger partial charge in [0.2, 0.25) is 8.32 Å². The minimum absolute atomic E-state index is 0.0469. The molecule has 1 heterocycles. The van der Waals surface area contributed by atoms with E-state index < -0.39 is 30.7 Å². The number of amides is 1. The van der Waals surface area contributed by atoms with Gasteiger partial charge in [0.15, 0.2) is 16.5 Å². The molecule has 144 valence electrons. The molecule has 0 bridgehead atoms. The lowest BCUT2D eigenvalue weighted by molar-refractivity contribution is -0.117. The van der Waals surface area contributed by atoms with Gasteiger partial charge in [0.1, 0.15) is 5.75 Å². The Bertz CT molecular complexity index is 909. The van der Waals surface area contributed by atoms with Crippen LogP contribution in [0.15, 0.2) is 36.4 Å². The number of halogens is 3. The van der Waals surface area contributed by atoms with Gasteiger partial charge < -0.3 is 9.74 Å². The topological polar surface area (TPSA) is 38.3 Å². The number of fused-ring (bicyclic) bond motifs is 1. The quantitative estimate of drug-likeness (QED) is 0.515. The van der Waals surface area contributed by atoms with Crippen LogP contribution in [0.4, 0.5) is 14.5 Å². The molecule has 1 aliphatic rings. The zero-order valence-electron chi connectivity index (χ0n) is 15.9. The van der Waals surface area contributed by atoms with Crippen molar-refractivity contribution in [3.63, 3.8) is 0 Å². The number of anilines is 1. The van der Waals surface area contributed by atoms with E-state index in [1.54, 1.807) is 24.3 Å². The first kappa shape index (κ1) is 19.8. The summed E-state index contributed by atoms with van der Waals surface area (Å²) in [5.74, 6) is -2.06. The van der Waals surface area contributed by atoms with E-state index in [9.17, 15) is 13.6 Å². The van der Waals surface area contributed by atoms with Crippen LogP contribution in [0.5, 0.6) is 5.75 Å². The standard InChI is InChI=1S/C20H22ClF2NO2Si/c1-19(2,3)27(4,5)26-13-8-6-12(7-9-13)20(21)14-10-11-15(22)16(23)17(14)24-18(20)25/h6-11H,1-5H3,(H,24,25). The maximum atomic E-state index is 14.0. The zero-order chi connectivity index (χ0) is 20.2. The first-order chi connectivity index (χ1) is 12.4. The second kappa shape index (κ2) is 6.31. The van der Waals surface area contributed by atoms with Crippen molar-refractivity contribution in [2.24, 2.45) is 0 Å². The summed E-state index contributed by atoms with van der Waals surface area (Å²) < 4.78 is 33.7. The predicted octanol–water partition coefficient (Wildman–Crippen LogP) is 5.78. The average molecular weight is 410 g/mol. The van der Waals surface area contributed by atoms with Crippen LogP contribution in [0.2, 0.25) is 18.1 Å². The molecule has 1 N–H and O–H groups in total. The number of carbonyl (C=O) groups excluding carboxylic acids is 1. The molecule has 0 aromatic heterocycles. The van der Waals surface area contributed by atoms with E-state index in [1.807, 2.05) is 0 Å². The van der Waals surface area contributed by atoms with Crippen molar-refractivity contribution in [3.05, 3.63) is 59.2 Å². The minimum Gasteiger partial charge on any atom is -0.544 e. The normalized spacial score (nSPS) is 19.6. The van der Waals surface area contributed by atoms with E-state index in [4.69, 9.17) is 16.0 Å². The Morgan fingerprint density at radius 1 is 1.07 bits per heavy atom. The summed E-state index contributed by atoms with van der Waals surface area (Å²) >= 11 is 6.63. The number of rotatable bonds is 3. The van der Waals surface area contributed by atoms with E-state index in [0.717, 1.165) is 6.07 Å². The second-order valence-corrected chi connectivity index (χ2v) is 13.6. The van der Waals surface area contributed by atoms with E-state index in [1.165, 1.54) is 6.07 Å². The Hall–Kier alpha value is -1.92. The van der Waals surface area contributed by atoms with Crippen LogP contribution in [0.3, 0.4) is 0 Å². The highest BCUT2D eigenvalue weighted by Gasteiger charge is 2.48. The Morgan fingerprint density at radius 2 is 1.67 bits per heavy atom. The average Bonchev–Trinajstić information content (AvgIpc) is 2.83. The summed E-state index contributed by atoms with van der Waals surface area (Å²) in [5.41, 5.74) is 0.455. The molecule has 2 aromatic rings. The molecule has 0 fully saturated rings. The molecule has 1 atom stereocenters. The van der Waals surface area contributed by atoms with Crippen LogP contribution >= 0.6 is 11.6 Å². The van der Waals surface area contributed by atoms with Crippen LogP contribution in [0.1, 0.15) is 31.9 Å². The molecule has 1 aliphatic heterocycles. The highest BCUT2D eigenvalue weighted by Crippen LogP contribution is 2.47. The Morgan fingerprint density at radius 3 is 2.22 bits per heavy atom. The molecule has 1 unspecified atom stereocenters. The zero-order valence-corrected chi connectivity index (χ0v) is 17.7. The molecule has 1 amide bonds. The number of carbonyl (C=O) groups is 1. The second-order valence-electron chi connectivity index (χ2n) is 8.28. The van der Waals surface area contributed by atoms with Gasteiger partial charge in [0.25, 0.3) is 5.91 Å². The molecule has 7 heteroatoms. The summed E-state index contributed by atoms with van der Waals surface area (Å²) in [6, 6.07) is 9.19. The number of benzene rings is 2. The van der Waals surface area contributed by atoms with Crippen molar-refractivity contribution in [2.75, 3.05) is 5.32 Å². The summed E-state index contributed by atoms with van der Waals surface area (Å²) in [4.78, 5) is 10.9. The van der Waals surface area contributed by atoms with Crippen molar-refractivity contribution >= 4 is 31.5 Å². The van der Waals surface area contributed by atoms with Gasteiger partial charge in [0.05, 0.1) is 5.69 Å². The molecule has 3 rings (SSSR count). The van der Waals surface area contributed by atoms with Crippen LogP contribution < -0.4 is 9.74 Å². The Balaban J connectivity index is 1.97. The van der Waals surface area contributed by atoms with Crippen LogP contribution in [0, 0.1) is 11.6 Å². The van der Waals surface area contributed by atoms with E-state index in [-0.39, 0.29) is 16.3 Å². The van der Waals surface area contributed by atoms with Crippen molar-refractivity contribution < 1.29 is 18.0 Å². The van der Waals surface area contributed by atoms with Crippen LogP contribution in [-0.4, -0.2) is 14.2 Å². The third kappa shape index (κ3) is 3.15. The predicted molar refractivity (Wildman–Crippen MR) is 106 cm³/mol. The summed E-state index contributed by atoms with van der Waals surface area (Å²) in [5, 5.41) is 2.40. The van der Waals surface area contributed by atoms with Crippen LogP contribution in [0.25, 0.3) is 0 Å². The third-order valence-electron chi connectivity index (χ3n) is 5.45. The van der Waals surface area contributed by atoms with Gasteiger partial charge in [-0.1, -0.05) is 50.6 Å². The van der Waals surface area contributed by atoms with Crippen LogP contribution in [-0.2, 0) is 9.67 Å². The van der Waals surface area contributed by atoms with Gasteiger partial charge in [-0.2, -0.15) is 0 Å². The lowest BCUT2D eigenvalue weighted by Crippen LogP contribution is -2.43. The molecule has 0 saturated heterocycles. The highest BCUT2D eigenvalue weighted by atomic mass is 35.5. The first-order valence-electron chi connectivity index (χ1n) is 8.66. The number of hydrogen-bond acceptors (Lipinski definition) is 2. The smallest absolute Gasteiger partial charge is 0.254 e. The molecule has 27 heavy (non-hydrogen) atoms. The minimum atomic E-state index is -2.00. The van der Waals surface area contributed by atoms with Crippen molar-refractivity contribution in [1.82, 2.24) is 0 Å². The summed E-state index contributed by atoms with van der Waals surface area (Å²) in [7, 11) is -2.00. The van der Waals surface area contributed by atoms with Crippen molar-refractivity contribution in [1.29, 1.82) is 0 Å². The molecular weight excluding hydrogens is 388 g/mol. The third-order valence-corrected chi connectivity index (χ3v) is 10.4. The lowest BCUT2D eigenvalue weighted by atomic mass is 9.91. The van der Waals surface area contributed by atoms with Crippen molar-refractivity contribution in [2.45, 2.75) is 43.8 Å². The SMILES string of the molecule is CC(C)(C)[Si](C)(C)Oc1ccc(C2(Cl)C(=O)Nc3c2ccc(F)c3F)cc1. The molecule has 2 aromatic carbocycles. The molecule has 0 spiro atoms. The molecule has 0 aliphatic carbocycles. The van der Waals surface area contributed by atoms with Gasteiger partial charge in [0, 0.05) is 5.56 Å². The number of alkyl halides is 1. The fourth-order valence-corrected chi connectivity index (χ4v) is 4.13. The molecule has 0 radical (unpaired) electrons. The molecular formula is C20H22ClF2NO2Si. The molecule has 3 nitrogen and oxygen atoms in total. The van der Waals surface area contributed by atoms with Gasteiger partial charge in [-0.25, -0.2) is 8.78 Å². The van der Waals surface area contributed by atoms with Gasteiger partial charge in [-0.15, -0.1) is 0 Å². The van der Waals surface area contributed by atoms with E-state index in [0.29, 0.717) is 11.3 Å². The Labute approximate surface area is 163 Å². The first-order valence-corrected chi connectivity index (χ1v) is 11.9. The van der Waals surface area contributed by atoms with Crippen molar-refractivity contribution in [3.8, 4) is 5.75 Å². The summed E-state index contributed by atoms with van der Waals surface area (Å²) in [6.45, 7) is 10.7. The fourth-order valence-electron chi connectivity index (χ4n) is 2.77. The summed E-state index contributed by atoms with van der Waals surface area (Å²) in [6.07, 6.45) is 0. The number of hydrogen-bond donors (Lipinski definition) is 1. The van der Waals surface area contributed by atoms with E-state index in [2.05, 4.69) is 39.2 Å². The monoisotopic (exact) mass is 409 g/mol. The lowest BCUT2D eigenvalue weighted by Gasteiger charge is -2.36. The maximum absolute atomic E-state index is 14.0. The fraction of sp³-hybridized carbons (Fsp3) is 0.350. The molecule has 0 saturated carbocycles. The van der Waals surface area contributed by atoms with Gasteiger partial charge in [-0.05, 0) is 41.9 Å². The van der Waals surface area contributed by atoms with Gasteiger partial charge >= 0.3 is 0 Å².